The fourth-order valence-electron chi connectivity index (χ4n) is 3.22. The Bertz CT molecular complexity index is 829. The van der Waals surface area contributed by atoms with Crippen LogP contribution in [-0.2, 0) is 4.79 Å². The average Bonchev–Trinajstić information content (AvgIpc) is 3.13. The third kappa shape index (κ3) is 4.84. The number of piperidine rings is 1. The molecule has 2 amide bonds. The summed E-state index contributed by atoms with van der Waals surface area (Å²) in [6.45, 7) is 1.15. The average molecular weight is 449 g/mol. The number of hydrogen-bond donors (Lipinski definition) is 0. The van der Waals surface area contributed by atoms with E-state index in [1.54, 1.807) is 18.0 Å². The minimum Gasteiger partial charge on any atom is -0.341 e. The van der Waals surface area contributed by atoms with Crippen molar-refractivity contribution in [1.82, 2.24) is 9.80 Å². The van der Waals surface area contributed by atoms with E-state index in [4.69, 9.17) is 0 Å². The van der Waals surface area contributed by atoms with Crippen molar-refractivity contribution >= 4 is 44.9 Å². The van der Waals surface area contributed by atoms with Crippen LogP contribution in [0, 0.1) is 5.92 Å². The Morgan fingerprint density at radius 2 is 1.78 bits per heavy atom. The Kier molecular flexibility index (Phi) is 6.44. The topological polar surface area (TPSA) is 57.7 Å². The maximum Gasteiger partial charge on any atom is 0.264 e. The zero-order valence-corrected chi connectivity index (χ0v) is 17.5. The number of likely N-dealkylation sites (tertiary alicyclic amines) is 1. The van der Waals surface area contributed by atoms with Gasteiger partial charge in [0.1, 0.15) is 0 Å². The summed E-state index contributed by atoms with van der Waals surface area (Å²) in [6.07, 6.45) is 1.32. The lowest BCUT2D eigenvalue weighted by Gasteiger charge is -2.32. The Balaban J connectivity index is 1.51. The largest absolute Gasteiger partial charge is 0.341 e. The van der Waals surface area contributed by atoms with Gasteiger partial charge in [-0.2, -0.15) is 0 Å². The fourth-order valence-corrected chi connectivity index (χ4v) is 4.60. The molecule has 0 aliphatic carbocycles. The van der Waals surface area contributed by atoms with Crippen LogP contribution in [-0.4, -0.2) is 54.1 Å². The van der Waals surface area contributed by atoms with E-state index in [0.29, 0.717) is 30.8 Å². The molecule has 0 unspecified atom stereocenters. The van der Waals surface area contributed by atoms with Crippen molar-refractivity contribution in [1.29, 1.82) is 0 Å². The van der Waals surface area contributed by atoms with E-state index in [-0.39, 0.29) is 30.1 Å². The number of nitrogens with zero attached hydrogens (tertiary/aromatic N) is 2. The van der Waals surface area contributed by atoms with Gasteiger partial charge in [0.15, 0.2) is 5.78 Å². The zero-order valence-electron chi connectivity index (χ0n) is 15.1. The van der Waals surface area contributed by atoms with Crippen molar-refractivity contribution in [3.8, 4) is 0 Å². The summed E-state index contributed by atoms with van der Waals surface area (Å²) in [7, 11) is 1.64. The van der Waals surface area contributed by atoms with Crippen LogP contribution in [0.25, 0.3) is 0 Å². The van der Waals surface area contributed by atoms with Crippen molar-refractivity contribution in [2.24, 2.45) is 5.92 Å². The highest BCUT2D eigenvalue weighted by molar-refractivity contribution is 9.11. The molecule has 27 heavy (non-hydrogen) atoms. The molecule has 0 radical (unpaired) electrons. The molecule has 1 aliphatic heterocycles. The number of benzene rings is 1. The van der Waals surface area contributed by atoms with Gasteiger partial charge in [-0.3, -0.25) is 14.4 Å². The van der Waals surface area contributed by atoms with Crippen LogP contribution in [0.4, 0.5) is 0 Å². The summed E-state index contributed by atoms with van der Waals surface area (Å²) >= 11 is 4.69. The van der Waals surface area contributed by atoms with Crippen LogP contribution in [0.1, 0.15) is 32.9 Å². The predicted molar refractivity (Wildman–Crippen MR) is 109 cm³/mol. The number of ketones is 1. The molecule has 0 spiro atoms. The molecule has 1 aliphatic rings. The van der Waals surface area contributed by atoms with Gasteiger partial charge in [0.25, 0.3) is 5.91 Å². The van der Waals surface area contributed by atoms with Crippen molar-refractivity contribution < 1.29 is 14.4 Å². The van der Waals surface area contributed by atoms with E-state index in [9.17, 15) is 14.4 Å². The van der Waals surface area contributed by atoms with Crippen molar-refractivity contribution in [3.63, 3.8) is 0 Å². The van der Waals surface area contributed by atoms with Gasteiger partial charge in [0, 0.05) is 31.6 Å². The van der Waals surface area contributed by atoms with Crippen LogP contribution < -0.4 is 0 Å². The molecule has 2 aromatic rings. The van der Waals surface area contributed by atoms with Crippen LogP contribution in [0.5, 0.6) is 0 Å². The van der Waals surface area contributed by atoms with Crippen molar-refractivity contribution in [3.05, 3.63) is 56.7 Å². The molecule has 1 saturated heterocycles. The number of likely N-dealkylation sites (N-methyl/N-ethyl adjacent to an activating group) is 1. The van der Waals surface area contributed by atoms with Crippen LogP contribution in [0.15, 0.2) is 46.3 Å². The third-order valence-electron chi connectivity index (χ3n) is 4.78. The number of carbonyl (C=O) groups is 3. The lowest BCUT2D eigenvalue weighted by atomic mass is 9.89. The zero-order chi connectivity index (χ0) is 19.4. The number of rotatable bonds is 5. The molecule has 1 fully saturated rings. The second-order valence-corrected chi connectivity index (χ2v) is 9.11. The fraction of sp³-hybridized carbons (Fsp3) is 0.350. The van der Waals surface area contributed by atoms with E-state index in [0.717, 1.165) is 9.35 Å². The first-order valence-electron chi connectivity index (χ1n) is 8.83. The van der Waals surface area contributed by atoms with Crippen LogP contribution in [0.2, 0.25) is 0 Å². The first-order chi connectivity index (χ1) is 13.0. The van der Waals surface area contributed by atoms with Gasteiger partial charge in [-0.1, -0.05) is 30.3 Å². The van der Waals surface area contributed by atoms with Crippen LogP contribution >= 0.6 is 27.3 Å². The highest BCUT2D eigenvalue weighted by Gasteiger charge is 2.29. The monoisotopic (exact) mass is 448 g/mol. The second-order valence-electron chi connectivity index (χ2n) is 6.65. The number of carbonyl (C=O) groups excluding carboxylic acids is 3. The molecule has 0 atom stereocenters. The first kappa shape index (κ1) is 19.8. The predicted octanol–water partition coefficient (Wildman–Crippen LogP) is 3.70. The molecule has 1 aromatic carbocycles. The first-order valence-corrected chi connectivity index (χ1v) is 10.4. The summed E-state index contributed by atoms with van der Waals surface area (Å²) in [5.41, 5.74) is 0.731. The summed E-state index contributed by atoms with van der Waals surface area (Å²) in [4.78, 5) is 41.3. The normalized spacial score (nSPS) is 14.8. The van der Waals surface area contributed by atoms with Gasteiger partial charge in [-0.25, -0.2) is 0 Å². The third-order valence-corrected chi connectivity index (χ3v) is 6.39. The Morgan fingerprint density at radius 3 is 2.37 bits per heavy atom. The lowest BCUT2D eigenvalue weighted by molar-refractivity contribution is -0.132. The molecule has 0 N–H and O–H groups in total. The smallest absolute Gasteiger partial charge is 0.264 e. The molecule has 0 bridgehead atoms. The number of amides is 2. The van der Waals surface area contributed by atoms with E-state index in [2.05, 4.69) is 15.9 Å². The molecule has 5 nitrogen and oxygen atoms in total. The molecule has 7 heteroatoms. The quantitative estimate of drug-likeness (QED) is 0.655. The number of thiophene rings is 1. The molecule has 1 aromatic heterocycles. The summed E-state index contributed by atoms with van der Waals surface area (Å²) in [6, 6.07) is 12.9. The molecule has 3 rings (SSSR count). The SMILES string of the molecule is CN(CC(=O)N1CCC(C(=O)c2ccccc2)CC1)C(=O)c1ccc(Br)s1. The lowest BCUT2D eigenvalue weighted by Crippen LogP contribution is -2.45. The van der Waals surface area contributed by atoms with E-state index in [1.165, 1.54) is 16.2 Å². The second kappa shape index (κ2) is 8.80. The van der Waals surface area contributed by atoms with E-state index >= 15 is 0 Å². The van der Waals surface area contributed by atoms with E-state index in [1.807, 2.05) is 36.4 Å². The molecule has 142 valence electrons. The van der Waals surface area contributed by atoms with Crippen LogP contribution in [0.3, 0.4) is 0 Å². The van der Waals surface area contributed by atoms with Crippen molar-refractivity contribution in [2.75, 3.05) is 26.7 Å². The number of hydrogen-bond acceptors (Lipinski definition) is 4. The molecule has 0 saturated carbocycles. The standard InChI is InChI=1S/C20H21BrN2O3S/c1-22(20(26)16-7-8-17(21)27-16)13-18(24)23-11-9-15(10-12-23)19(25)14-5-3-2-4-6-14/h2-8,15H,9-13H2,1H3. The number of Topliss-reactive ketones (excluding diaryl/α,β-unsaturated/α-hetero) is 1. The van der Waals surface area contributed by atoms with Crippen molar-refractivity contribution in [2.45, 2.75) is 12.8 Å². The molecular weight excluding hydrogens is 428 g/mol. The van der Waals surface area contributed by atoms with Gasteiger partial charge < -0.3 is 9.80 Å². The van der Waals surface area contributed by atoms with Gasteiger partial charge in [0.2, 0.25) is 5.91 Å². The van der Waals surface area contributed by atoms with E-state index < -0.39 is 0 Å². The van der Waals surface area contributed by atoms with Gasteiger partial charge >= 0.3 is 0 Å². The summed E-state index contributed by atoms with van der Waals surface area (Å²) < 4.78 is 0.885. The summed E-state index contributed by atoms with van der Waals surface area (Å²) in [5.74, 6) is -0.127. The highest BCUT2D eigenvalue weighted by Crippen LogP contribution is 2.24. The highest BCUT2D eigenvalue weighted by atomic mass is 79.9. The Labute approximate surface area is 171 Å². The maximum absolute atomic E-state index is 12.5. The minimum atomic E-state index is -0.159. The summed E-state index contributed by atoms with van der Waals surface area (Å²) in [5, 5.41) is 0. The minimum absolute atomic E-state index is 0.0423. The molecule has 2 heterocycles. The Morgan fingerprint density at radius 1 is 1.11 bits per heavy atom. The number of halogens is 1. The van der Waals surface area contributed by atoms with Gasteiger partial charge in [-0.15, -0.1) is 11.3 Å². The maximum atomic E-state index is 12.5. The molecular formula is C20H21BrN2O3S. The Hall–Kier alpha value is -1.99. The van der Waals surface area contributed by atoms with Gasteiger partial charge in [-0.05, 0) is 40.9 Å². The van der Waals surface area contributed by atoms with Gasteiger partial charge in [0.05, 0.1) is 15.2 Å².